The molecule has 116 valence electrons. The van der Waals surface area contributed by atoms with Crippen LogP contribution in [0.5, 0.6) is 0 Å². The van der Waals surface area contributed by atoms with Crippen LogP contribution in [0.4, 0.5) is 5.82 Å². The first kappa shape index (κ1) is 15.1. The van der Waals surface area contributed by atoms with E-state index in [2.05, 4.69) is 38.9 Å². The highest BCUT2D eigenvalue weighted by Crippen LogP contribution is 2.24. The summed E-state index contributed by atoms with van der Waals surface area (Å²) in [5.74, 6) is 3.80. The van der Waals surface area contributed by atoms with Crippen LogP contribution in [-0.4, -0.2) is 46.6 Å². The first-order chi connectivity index (χ1) is 10.4. The maximum atomic E-state index is 4.54. The summed E-state index contributed by atoms with van der Waals surface area (Å²) in [6.07, 6.45) is 9.72. The van der Waals surface area contributed by atoms with E-state index in [9.17, 15) is 0 Å². The summed E-state index contributed by atoms with van der Waals surface area (Å²) >= 11 is 2.09. The zero-order valence-corrected chi connectivity index (χ0v) is 13.7. The summed E-state index contributed by atoms with van der Waals surface area (Å²) in [5.41, 5.74) is 1.30. The normalized spacial score (nSPS) is 23.7. The van der Waals surface area contributed by atoms with E-state index in [1.807, 2.05) is 6.20 Å². The molecule has 0 bridgehead atoms. The van der Waals surface area contributed by atoms with E-state index >= 15 is 0 Å². The van der Waals surface area contributed by atoms with Crippen LogP contribution in [-0.2, 0) is 6.42 Å². The molecule has 2 aliphatic rings. The second-order valence-electron chi connectivity index (χ2n) is 6.11. The van der Waals surface area contributed by atoms with E-state index in [4.69, 9.17) is 0 Å². The van der Waals surface area contributed by atoms with Crippen molar-refractivity contribution < 1.29 is 0 Å². The number of hydrogen-bond acceptors (Lipinski definition) is 5. The molecule has 0 amide bonds. The van der Waals surface area contributed by atoms with Crippen LogP contribution in [0, 0.1) is 0 Å². The van der Waals surface area contributed by atoms with Gasteiger partial charge >= 0.3 is 0 Å². The predicted octanol–water partition coefficient (Wildman–Crippen LogP) is 2.49. The lowest BCUT2D eigenvalue weighted by Gasteiger charge is -2.35. The molecule has 0 aliphatic carbocycles. The number of hydrogen-bond donors (Lipinski definition) is 1. The molecule has 2 fully saturated rings. The molecule has 0 radical (unpaired) electrons. The lowest BCUT2D eigenvalue weighted by molar-refractivity contribution is 0.378. The van der Waals surface area contributed by atoms with Gasteiger partial charge in [0.1, 0.15) is 12.1 Å². The molecule has 1 aromatic heterocycles. The van der Waals surface area contributed by atoms with Crippen LogP contribution in [0.25, 0.3) is 0 Å². The van der Waals surface area contributed by atoms with Gasteiger partial charge in [0.25, 0.3) is 0 Å². The van der Waals surface area contributed by atoms with Gasteiger partial charge in [0, 0.05) is 42.7 Å². The zero-order chi connectivity index (χ0) is 14.5. The highest BCUT2D eigenvalue weighted by Gasteiger charge is 2.25. The van der Waals surface area contributed by atoms with Crippen molar-refractivity contribution in [2.75, 3.05) is 29.5 Å². The number of nitrogens with one attached hydrogen (secondary N) is 1. The Morgan fingerprint density at radius 1 is 1.29 bits per heavy atom. The molecule has 2 saturated heterocycles. The Labute approximate surface area is 132 Å². The maximum absolute atomic E-state index is 4.54. The standard InChI is InChI=1S/C16H26N4S/c1-2-3-13-10-17-12-18-16(13)20-7-4-14(5-8-20)19-15-6-9-21-11-15/h10,12,14-15,19H,2-9,11H2,1H3. The van der Waals surface area contributed by atoms with Crippen molar-refractivity contribution in [3.63, 3.8) is 0 Å². The molecule has 0 spiro atoms. The average molecular weight is 306 g/mol. The number of anilines is 1. The van der Waals surface area contributed by atoms with E-state index in [1.165, 1.54) is 42.1 Å². The monoisotopic (exact) mass is 306 g/mol. The van der Waals surface area contributed by atoms with Gasteiger partial charge in [-0.15, -0.1) is 0 Å². The third-order valence-electron chi connectivity index (χ3n) is 4.48. The van der Waals surface area contributed by atoms with Crippen molar-refractivity contribution >= 4 is 17.6 Å². The largest absolute Gasteiger partial charge is 0.356 e. The summed E-state index contributed by atoms with van der Waals surface area (Å²) < 4.78 is 0. The molecular weight excluding hydrogens is 280 g/mol. The molecule has 0 aromatic carbocycles. The van der Waals surface area contributed by atoms with Gasteiger partial charge in [-0.2, -0.15) is 11.8 Å². The van der Waals surface area contributed by atoms with Gasteiger partial charge in [-0.1, -0.05) is 13.3 Å². The average Bonchev–Trinajstić information content (AvgIpc) is 3.02. The molecular formula is C16H26N4S. The Hall–Kier alpha value is -0.810. The topological polar surface area (TPSA) is 41.1 Å². The first-order valence-corrected chi connectivity index (χ1v) is 9.40. The summed E-state index contributed by atoms with van der Waals surface area (Å²) in [4.78, 5) is 11.2. The van der Waals surface area contributed by atoms with Crippen molar-refractivity contribution in [3.8, 4) is 0 Å². The number of piperidine rings is 1. The van der Waals surface area contributed by atoms with E-state index in [1.54, 1.807) is 6.33 Å². The van der Waals surface area contributed by atoms with Crippen molar-refractivity contribution in [2.24, 2.45) is 0 Å². The summed E-state index contributed by atoms with van der Waals surface area (Å²) in [6, 6.07) is 1.45. The quantitative estimate of drug-likeness (QED) is 0.905. The maximum Gasteiger partial charge on any atom is 0.135 e. The van der Waals surface area contributed by atoms with Crippen molar-refractivity contribution in [3.05, 3.63) is 18.1 Å². The molecule has 3 heterocycles. The summed E-state index contributed by atoms with van der Waals surface area (Å²) in [7, 11) is 0. The third-order valence-corrected chi connectivity index (χ3v) is 5.64. The van der Waals surface area contributed by atoms with Gasteiger partial charge in [0.05, 0.1) is 0 Å². The highest BCUT2D eigenvalue weighted by molar-refractivity contribution is 7.99. The fraction of sp³-hybridized carbons (Fsp3) is 0.750. The van der Waals surface area contributed by atoms with Crippen molar-refractivity contribution in [1.82, 2.24) is 15.3 Å². The van der Waals surface area contributed by atoms with Crippen LogP contribution in [0.1, 0.15) is 38.2 Å². The van der Waals surface area contributed by atoms with Crippen LogP contribution in [0.2, 0.25) is 0 Å². The van der Waals surface area contributed by atoms with Crippen LogP contribution < -0.4 is 10.2 Å². The Bertz CT molecular complexity index is 440. The van der Waals surface area contributed by atoms with E-state index in [0.29, 0.717) is 6.04 Å². The molecule has 5 heteroatoms. The van der Waals surface area contributed by atoms with Gasteiger partial charge < -0.3 is 10.2 Å². The smallest absolute Gasteiger partial charge is 0.135 e. The molecule has 1 atom stereocenters. The SMILES string of the molecule is CCCc1cncnc1N1CCC(NC2CCSC2)CC1. The Kier molecular flexibility index (Phi) is 5.36. The van der Waals surface area contributed by atoms with E-state index < -0.39 is 0 Å². The summed E-state index contributed by atoms with van der Waals surface area (Å²) in [6.45, 7) is 4.45. The molecule has 4 nitrogen and oxygen atoms in total. The lowest BCUT2D eigenvalue weighted by atomic mass is 10.0. The molecule has 1 unspecified atom stereocenters. The van der Waals surface area contributed by atoms with E-state index in [-0.39, 0.29) is 0 Å². The minimum absolute atomic E-state index is 0.696. The van der Waals surface area contributed by atoms with Gasteiger partial charge in [0.2, 0.25) is 0 Å². The van der Waals surface area contributed by atoms with Gasteiger partial charge in [-0.25, -0.2) is 9.97 Å². The number of thioether (sulfide) groups is 1. The molecule has 1 N–H and O–H groups in total. The molecule has 1 aromatic rings. The number of nitrogens with zero attached hydrogens (tertiary/aromatic N) is 3. The van der Waals surface area contributed by atoms with Gasteiger partial charge in [-0.05, 0) is 31.4 Å². The Morgan fingerprint density at radius 3 is 2.86 bits per heavy atom. The molecule has 2 aliphatic heterocycles. The van der Waals surface area contributed by atoms with Crippen molar-refractivity contribution in [1.29, 1.82) is 0 Å². The second-order valence-corrected chi connectivity index (χ2v) is 7.26. The fourth-order valence-corrected chi connectivity index (χ4v) is 4.50. The molecule has 3 rings (SSSR count). The number of rotatable bonds is 5. The minimum atomic E-state index is 0.696. The molecule has 0 saturated carbocycles. The van der Waals surface area contributed by atoms with Crippen LogP contribution >= 0.6 is 11.8 Å². The van der Waals surface area contributed by atoms with E-state index in [0.717, 1.165) is 32.0 Å². The lowest BCUT2D eigenvalue weighted by Crippen LogP contribution is -2.46. The Morgan fingerprint density at radius 2 is 2.14 bits per heavy atom. The predicted molar refractivity (Wildman–Crippen MR) is 90.1 cm³/mol. The van der Waals surface area contributed by atoms with Crippen LogP contribution in [0.15, 0.2) is 12.5 Å². The number of aromatic nitrogens is 2. The van der Waals surface area contributed by atoms with Gasteiger partial charge in [0.15, 0.2) is 0 Å². The zero-order valence-electron chi connectivity index (χ0n) is 12.9. The van der Waals surface area contributed by atoms with Crippen molar-refractivity contribution in [2.45, 2.75) is 51.1 Å². The number of aryl methyl sites for hydroxylation is 1. The second kappa shape index (κ2) is 7.45. The summed E-state index contributed by atoms with van der Waals surface area (Å²) in [5, 5.41) is 3.85. The Balaban J connectivity index is 1.55. The minimum Gasteiger partial charge on any atom is -0.356 e. The highest BCUT2D eigenvalue weighted by atomic mass is 32.2. The molecule has 21 heavy (non-hydrogen) atoms. The first-order valence-electron chi connectivity index (χ1n) is 8.24. The van der Waals surface area contributed by atoms with Gasteiger partial charge in [-0.3, -0.25) is 0 Å². The van der Waals surface area contributed by atoms with Crippen LogP contribution in [0.3, 0.4) is 0 Å². The fourth-order valence-electron chi connectivity index (χ4n) is 3.34. The third kappa shape index (κ3) is 3.89.